The molecule has 1 aromatic rings. The van der Waals surface area contributed by atoms with Gasteiger partial charge in [0.1, 0.15) is 6.04 Å². The molecule has 0 radical (unpaired) electrons. The highest BCUT2D eigenvalue weighted by molar-refractivity contribution is 5.83. The molecule has 126 valence electrons. The van der Waals surface area contributed by atoms with Crippen LogP contribution in [0.5, 0.6) is 0 Å². The van der Waals surface area contributed by atoms with Gasteiger partial charge < -0.3 is 15.0 Å². The van der Waals surface area contributed by atoms with Gasteiger partial charge in [-0.15, -0.1) is 0 Å². The Morgan fingerprint density at radius 2 is 1.78 bits per heavy atom. The molecule has 1 N–H and O–H groups in total. The molecule has 0 spiro atoms. The summed E-state index contributed by atoms with van der Waals surface area (Å²) in [6.45, 7) is 8.57. The molecule has 0 saturated carbocycles. The van der Waals surface area contributed by atoms with Crippen molar-refractivity contribution in [1.82, 2.24) is 15.1 Å². The van der Waals surface area contributed by atoms with Crippen LogP contribution in [0.4, 0.5) is 0 Å². The quantitative estimate of drug-likeness (QED) is 0.902. The number of rotatable bonds is 4. The number of aryl methyl sites for hydroxylation is 1. The Balaban J connectivity index is 1.83. The van der Waals surface area contributed by atoms with Crippen LogP contribution in [-0.2, 0) is 16.0 Å². The molecule has 23 heavy (non-hydrogen) atoms. The fraction of sp³-hybridized carbons (Fsp3) is 0.611. The third kappa shape index (κ3) is 3.91. The topological polar surface area (TPSA) is 44.8 Å². The zero-order valence-electron chi connectivity index (χ0n) is 14.0. The van der Waals surface area contributed by atoms with Gasteiger partial charge in [-0.05, 0) is 17.5 Å². The first-order valence-electron chi connectivity index (χ1n) is 8.69. The van der Waals surface area contributed by atoms with Crippen LogP contribution in [0, 0.1) is 0 Å². The Hall–Kier alpha value is -1.43. The van der Waals surface area contributed by atoms with Gasteiger partial charge in [0, 0.05) is 39.3 Å². The first-order valence-corrected chi connectivity index (χ1v) is 8.69. The van der Waals surface area contributed by atoms with E-state index in [2.05, 4.69) is 41.4 Å². The normalized spacial score (nSPS) is 21.2. The molecular formula is C18H27N3O2. The van der Waals surface area contributed by atoms with Crippen LogP contribution in [0.15, 0.2) is 24.3 Å². The smallest absolute Gasteiger partial charge is 0.244 e. The summed E-state index contributed by atoms with van der Waals surface area (Å²) < 4.78 is 5.39. The average molecular weight is 317 g/mol. The maximum absolute atomic E-state index is 13.2. The number of morpholine rings is 1. The summed E-state index contributed by atoms with van der Waals surface area (Å²) in [5.41, 5.74) is 2.42. The van der Waals surface area contributed by atoms with Crippen molar-refractivity contribution in [2.45, 2.75) is 19.4 Å². The third-order valence-corrected chi connectivity index (χ3v) is 4.78. The lowest BCUT2D eigenvalue weighted by molar-refractivity contribution is -0.141. The number of nitrogens with one attached hydrogen (secondary N) is 1. The molecule has 2 fully saturated rings. The van der Waals surface area contributed by atoms with Crippen LogP contribution >= 0.6 is 0 Å². The number of piperazine rings is 1. The zero-order chi connectivity index (χ0) is 16.1. The van der Waals surface area contributed by atoms with Gasteiger partial charge in [-0.1, -0.05) is 31.2 Å². The van der Waals surface area contributed by atoms with Crippen molar-refractivity contribution in [3.8, 4) is 0 Å². The number of benzene rings is 1. The molecule has 5 nitrogen and oxygen atoms in total. The molecule has 2 saturated heterocycles. The van der Waals surface area contributed by atoms with Crippen LogP contribution in [0.2, 0.25) is 0 Å². The molecule has 0 aliphatic carbocycles. The second-order valence-electron chi connectivity index (χ2n) is 6.22. The lowest BCUT2D eigenvalue weighted by atomic mass is 10.0. The minimum absolute atomic E-state index is 0.166. The maximum atomic E-state index is 13.2. The number of hydrogen-bond donors (Lipinski definition) is 1. The molecule has 1 amide bonds. The van der Waals surface area contributed by atoms with Crippen LogP contribution in [0.1, 0.15) is 24.1 Å². The molecule has 5 heteroatoms. The van der Waals surface area contributed by atoms with Gasteiger partial charge in [0.15, 0.2) is 0 Å². The van der Waals surface area contributed by atoms with Crippen LogP contribution in [-0.4, -0.2) is 68.2 Å². The van der Waals surface area contributed by atoms with Crippen LogP contribution in [0.25, 0.3) is 0 Å². The van der Waals surface area contributed by atoms with Gasteiger partial charge in [0.25, 0.3) is 0 Å². The summed E-state index contributed by atoms with van der Waals surface area (Å²) in [5, 5.41) is 3.37. The largest absolute Gasteiger partial charge is 0.378 e. The highest BCUT2D eigenvalue weighted by atomic mass is 16.5. The molecular weight excluding hydrogens is 290 g/mol. The second kappa shape index (κ2) is 7.90. The Labute approximate surface area is 138 Å². The molecule has 0 aromatic heterocycles. The van der Waals surface area contributed by atoms with Crippen LogP contribution < -0.4 is 5.32 Å². The summed E-state index contributed by atoms with van der Waals surface area (Å²) in [6, 6.07) is 8.39. The summed E-state index contributed by atoms with van der Waals surface area (Å²) in [7, 11) is 0. The predicted molar refractivity (Wildman–Crippen MR) is 90.4 cm³/mol. The van der Waals surface area contributed by atoms with Crippen LogP contribution in [0.3, 0.4) is 0 Å². The highest BCUT2D eigenvalue weighted by Gasteiger charge is 2.32. The van der Waals surface area contributed by atoms with Crippen molar-refractivity contribution in [3.05, 3.63) is 35.4 Å². The van der Waals surface area contributed by atoms with E-state index < -0.39 is 0 Å². The third-order valence-electron chi connectivity index (χ3n) is 4.78. The fourth-order valence-corrected chi connectivity index (χ4v) is 3.34. The van der Waals surface area contributed by atoms with Gasteiger partial charge in [0.2, 0.25) is 5.91 Å². The molecule has 2 heterocycles. The first-order chi connectivity index (χ1) is 11.3. The van der Waals surface area contributed by atoms with Gasteiger partial charge in [0.05, 0.1) is 13.2 Å². The lowest BCUT2D eigenvalue weighted by Crippen LogP contribution is -2.52. The maximum Gasteiger partial charge on any atom is 0.244 e. The van der Waals surface area contributed by atoms with Gasteiger partial charge in [-0.25, -0.2) is 0 Å². The average Bonchev–Trinajstić information content (AvgIpc) is 2.64. The Morgan fingerprint density at radius 3 is 2.39 bits per heavy atom. The van der Waals surface area contributed by atoms with Crippen molar-refractivity contribution in [3.63, 3.8) is 0 Å². The molecule has 1 atom stereocenters. The van der Waals surface area contributed by atoms with Crippen molar-refractivity contribution in [1.29, 1.82) is 0 Å². The summed E-state index contributed by atoms with van der Waals surface area (Å²) in [4.78, 5) is 17.4. The molecule has 2 aliphatic rings. The van der Waals surface area contributed by atoms with E-state index in [0.29, 0.717) is 26.3 Å². The minimum Gasteiger partial charge on any atom is -0.378 e. The SMILES string of the molecule is CCc1ccc(C(C(=O)N2CCOCC2)N2CCNCC2)cc1. The standard InChI is InChI=1S/C18H27N3O2/c1-2-15-3-5-16(6-4-15)17(20-9-7-19-8-10-20)18(22)21-11-13-23-14-12-21/h3-6,17,19H,2,7-14H2,1H3. The second-order valence-corrected chi connectivity index (χ2v) is 6.22. The van der Waals surface area contributed by atoms with Crippen molar-refractivity contribution >= 4 is 5.91 Å². The highest BCUT2D eigenvalue weighted by Crippen LogP contribution is 2.25. The Morgan fingerprint density at radius 1 is 1.13 bits per heavy atom. The predicted octanol–water partition coefficient (Wildman–Crippen LogP) is 1.05. The van der Waals surface area contributed by atoms with E-state index in [-0.39, 0.29) is 11.9 Å². The number of amides is 1. The summed E-state index contributed by atoms with van der Waals surface area (Å²) in [6.07, 6.45) is 1.02. The number of carbonyl (C=O) groups excluding carboxylic acids is 1. The fourth-order valence-electron chi connectivity index (χ4n) is 3.34. The Kier molecular flexibility index (Phi) is 5.65. The molecule has 1 aromatic carbocycles. The van der Waals surface area contributed by atoms with Gasteiger partial charge in [-0.2, -0.15) is 0 Å². The minimum atomic E-state index is -0.166. The molecule has 1 unspecified atom stereocenters. The number of hydrogen-bond acceptors (Lipinski definition) is 4. The van der Waals surface area contributed by atoms with E-state index in [1.807, 2.05) is 4.90 Å². The van der Waals surface area contributed by atoms with Gasteiger partial charge in [-0.3, -0.25) is 9.69 Å². The summed E-state index contributed by atoms with van der Waals surface area (Å²) >= 11 is 0. The molecule has 0 bridgehead atoms. The summed E-state index contributed by atoms with van der Waals surface area (Å²) in [5.74, 6) is 0.222. The van der Waals surface area contributed by atoms with Crippen molar-refractivity contribution < 1.29 is 9.53 Å². The van der Waals surface area contributed by atoms with Crippen molar-refractivity contribution in [2.75, 3.05) is 52.5 Å². The van der Waals surface area contributed by atoms with Crippen molar-refractivity contribution in [2.24, 2.45) is 0 Å². The number of carbonyl (C=O) groups is 1. The van der Waals surface area contributed by atoms with Gasteiger partial charge >= 0.3 is 0 Å². The number of ether oxygens (including phenoxy) is 1. The van der Waals surface area contributed by atoms with E-state index in [1.54, 1.807) is 0 Å². The first kappa shape index (κ1) is 16.4. The lowest BCUT2D eigenvalue weighted by Gasteiger charge is -2.38. The van der Waals surface area contributed by atoms with E-state index in [0.717, 1.165) is 38.2 Å². The van der Waals surface area contributed by atoms with E-state index in [9.17, 15) is 4.79 Å². The Bertz CT molecular complexity index is 506. The molecule has 2 aliphatic heterocycles. The monoisotopic (exact) mass is 317 g/mol. The van der Waals surface area contributed by atoms with E-state index >= 15 is 0 Å². The molecule has 3 rings (SSSR count). The van der Waals surface area contributed by atoms with E-state index in [4.69, 9.17) is 4.74 Å². The van der Waals surface area contributed by atoms with E-state index in [1.165, 1.54) is 5.56 Å². The number of nitrogens with zero attached hydrogens (tertiary/aromatic N) is 2. The zero-order valence-corrected chi connectivity index (χ0v) is 14.0.